The number of carbonyl (C=O) groups is 1. The van der Waals surface area contributed by atoms with Crippen LogP contribution in [0.3, 0.4) is 0 Å². The molecular weight excluding hydrogens is 458 g/mol. The molecule has 0 bridgehead atoms. The number of anilines is 1. The summed E-state index contributed by atoms with van der Waals surface area (Å²) in [5.74, 6) is 1.07. The smallest absolute Gasteiger partial charge is 0.223 e. The number of methoxy groups -OCH3 is 1. The maximum Gasteiger partial charge on any atom is 0.223 e. The van der Waals surface area contributed by atoms with Crippen molar-refractivity contribution in [2.45, 2.75) is 38.5 Å². The predicted molar refractivity (Wildman–Crippen MR) is 152 cm³/mol. The summed E-state index contributed by atoms with van der Waals surface area (Å²) in [5.41, 5.74) is 5.94. The standard InChI is InChI=1S/C32H37N3O2/c1-32(2,3)24-15-13-23(14-16-24)26(27-22-33-28-10-6-5-9-25(27)28)21-31(36)35-19-17-34(18-20-35)29-11-7-8-12-30(29)37-4/h5-16,22,26,33H,17-21H2,1-4H3/t26-/m1/s1. The summed E-state index contributed by atoms with van der Waals surface area (Å²) in [4.78, 5) is 21.4. The first-order valence-corrected chi connectivity index (χ1v) is 13.2. The molecular formula is C32H37N3O2. The maximum atomic E-state index is 13.7. The lowest BCUT2D eigenvalue weighted by Crippen LogP contribution is -2.49. The van der Waals surface area contributed by atoms with Gasteiger partial charge in [0.25, 0.3) is 0 Å². The van der Waals surface area contributed by atoms with Crippen LogP contribution >= 0.6 is 0 Å². The van der Waals surface area contributed by atoms with Crippen molar-refractivity contribution < 1.29 is 9.53 Å². The first-order valence-electron chi connectivity index (χ1n) is 13.2. The fourth-order valence-corrected chi connectivity index (χ4v) is 5.40. The molecule has 4 aromatic rings. The van der Waals surface area contributed by atoms with Crippen molar-refractivity contribution in [3.63, 3.8) is 0 Å². The van der Waals surface area contributed by atoms with Crippen LogP contribution in [0.5, 0.6) is 5.75 Å². The summed E-state index contributed by atoms with van der Waals surface area (Å²) in [7, 11) is 1.71. The van der Waals surface area contributed by atoms with Gasteiger partial charge in [-0.25, -0.2) is 0 Å². The molecule has 0 spiro atoms. The SMILES string of the molecule is COc1ccccc1N1CCN(C(=O)C[C@H](c2ccc(C(C)(C)C)cc2)c2c[nH]c3ccccc23)CC1. The second-order valence-electron chi connectivity index (χ2n) is 11.0. The largest absolute Gasteiger partial charge is 0.495 e. The molecule has 0 saturated carbocycles. The van der Waals surface area contributed by atoms with E-state index in [1.807, 2.05) is 29.2 Å². The number of carbonyl (C=O) groups excluding carboxylic acids is 1. The van der Waals surface area contributed by atoms with Crippen LogP contribution in [0.25, 0.3) is 10.9 Å². The molecule has 1 aromatic heterocycles. The van der Waals surface area contributed by atoms with Crippen LogP contribution in [0.4, 0.5) is 5.69 Å². The molecule has 1 atom stereocenters. The molecule has 3 aromatic carbocycles. The molecule has 1 N–H and O–H groups in total. The highest BCUT2D eigenvalue weighted by Crippen LogP contribution is 2.35. The number of hydrogen-bond acceptors (Lipinski definition) is 3. The lowest BCUT2D eigenvalue weighted by Gasteiger charge is -2.37. The Morgan fingerprint density at radius 2 is 1.59 bits per heavy atom. The molecule has 1 saturated heterocycles. The van der Waals surface area contributed by atoms with Gasteiger partial charge in [0.15, 0.2) is 0 Å². The van der Waals surface area contributed by atoms with Gasteiger partial charge in [0, 0.05) is 55.6 Å². The van der Waals surface area contributed by atoms with E-state index in [1.54, 1.807) is 7.11 Å². The third kappa shape index (κ3) is 5.22. The van der Waals surface area contributed by atoms with Gasteiger partial charge in [0.05, 0.1) is 12.8 Å². The van der Waals surface area contributed by atoms with Crippen molar-refractivity contribution in [3.05, 3.63) is 95.7 Å². The van der Waals surface area contributed by atoms with E-state index in [2.05, 4.69) is 85.4 Å². The van der Waals surface area contributed by atoms with E-state index in [9.17, 15) is 4.79 Å². The van der Waals surface area contributed by atoms with Crippen LogP contribution in [-0.4, -0.2) is 49.1 Å². The number of nitrogens with zero attached hydrogens (tertiary/aromatic N) is 2. The molecule has 1 fully saturated rings. The van der Waals surface area contributed by atoms with Gasteiger partial charge in [-0.3, -0.25) is 4.79 Å². The van der Waals surface area contributed by atoms with Gasteiger partial charge in [-0.05, 0) is 40.3 Å². The van der Waals surface area contributed by atoms with Gasteiger partial charge in [0.2, 0.25) is 5.91 Å². The van der Waals surface area contributed by atoms with E-state index in [1.165, 1.54) is 22.1 Å². The van der Waals surface area contributed by atoms with Crippen molar-refractivity contribution in [3.8, 4) is 5.75 Å². The van der Waals surface area contributed by atoms with Crippen LogP contribution in [0.1, 0.15) is 49.8 Å². The highest BCUT2D eigenvalue weighted by molar-refractivity contribution is 5.86. The fraction of sp³-hybridized carbons (Fsp3) is 0.344. The molecule has 1 amide bonds. The van der Waals surface area contributed by atoms with Gasteiger partial charge >= 0.3 is 0 Å². The second-order valence-corrected chi connectivity index (χ2v) is 11.0. The number of ether oxygens (including phenoxy) is 1. The Morgan fingerprint density at radius 3 is 2.30 bits per heavy atom. The van der Waals surface area contributed by atoms with Crippen LogP contribution in [-0.2, 0) is 10.2 Å². The van der Waals surface area contributed by atoms with Crippen LogP contribution < -0.4 is 9.64 Å². The van der Waals surface area contributed by atoms with Crippen LogP contribution in [0, 0.1) is 0 Å². The number of aromatic amines is 1. The Balaban J connectivity index is 1.37. The minimum atomic E-state index is -0.00934. The van der Waals surface area contributed by atoms with E-state index in [-0.39, 0.29) is 17.2 Å². The summed E-state index contributed by atoms with van der Waals surface area (Å²) < 4.78 is 5.56. The molecule has 0 aliphatic carbocycles. The topological polar surface area (TPSA) is 48.6 Å². The van der Waals surface area contributed by atoms with Crippen molar-refractivity contribution in [1.82, 2.24) is 9.88 Å². The summed E-state index contributed by atoms with van der Waals surface area (Å²) in [6.07, 6.45) is 2.53. The van der Waals surface area contributed by atoms with E-state index >= 15 is 0 Å². The first-order chi connectivity index (χ1) is 17.8. The lowest BCUT2D eigenvalue weighted by molar-refractivity contribution is -0.131. The summed E-state index contributed by atoms with van der Waals surface area (Å²) in [5, 5.41) is 1.18. The quantitative estimate of drug-likeness (QED) is 0.339. The molecule has 37 heavy (non-hydrogen) atoms. The van der Waals surface area contributed by atoms with Gasteiger partial charge in [-0.2, -0.15) is 0 Å². The monoisotopic (exact) mass is 495 g/mol. The van der Waals surface area contributed by atoms with Gasteiger partial charge in [-0.1, -0.05) is 75.4 Å². The third-order valence-electron chi connectivity index (χ3n) is 7.61. The Bertz CT molecular complexity index is 1360. The Hall–Kier alpha value is -3.73. The molecule has 0 unspecified atom stereocenters. The normalized spacial score (nSPS) is 15.1. The lowest BCUT2D eigenvalue weighted by atomic mass is 9.83. The summed E-state index contributed by atoms with van der Waals surface area (Å²) in [6.45, 7) is 9.70. The minimum absolute atomic E-state index is 0.00934. The average molecular weight is 496 g/mol. The third-order valence-corrected chi connectivity index (χ3v) is 7.61. The summed E-state index contributed by atoms with van der Waals surface area (Å²) in [6, 6.07) is 25.3. The number of piperazine rings is 1. The number of nitrogens with one attached hydrogen (secondary N) is 1. The Morgan fingerprint density at radius 1 is 0.919 bits per heavy atom. The molecule has 1 aliphatic rings. The molecule has 5 rings (SSSR count). The van der Waals surface area contributed by atoms with E-state index in [0.29, 0.717) is 19.5 Å². The molecule has 5 nitrogen and oxygen atoms in total. The van der Waals surface area contributed by atoms with Crippen molar-refractivity contribution in [2.75, 3.05) is 38.2 Å². The molecule has 1 aliphatic heterocycles. The zero-order valence-electron chi connectivity index (χ0n) is 22.3. The number of H-pyrrole nitrogens is 1. The van der Waals surface area contributed by atoms with Crippen molar-refractivity contribution in [1.29, 1.82) is 0 Å². The molecule has 2 heterocycles. The number of amides is 1. The first kappa shape index (κ1) is 24.9. The molecule has 0 radical (unpaired) electrons. The van der Waals surface area contributed by atoms with Crippen LogP contribution in [0.2, 0.25) is 0 Å². The number of fused-ring (bicyclic) bond motifs is 1. The molecule has 5 heteroatoms. The highest BCUT2D eigenvalue weighted by atomic mass is 16.5. The molecule has 192 valence electrons. The van der Waals surface area contributed by atoms with E-state index in [4.69, 9.17) is 4.74 Å². The summed E-state index contributed by atoms with van der Waals surface area (Å²) >= 11 is 0. The number of benzene rings is 3. The average Bonchev–Trinajstić information content (AvgIpc) is 3.35. The minimum Gasteiger partial charge on any atom is -0.495 e. The zero-order valence-corrected chi connectivity index (χ0v) is 22.3. The van der Waals surface area contributed by atoms with E-state index in [0.717, 1.165) is 30.0 Å². The van der Waals surface area contributed by atoms with Gasteiger partial charge in [-0.15, -0.1) is 0 Å². The van der Waals surface area contributed by atoms with Crippen molar-refractivity contribution >= 4 is 22.5 Å². The predicted octanol–water partition coefficient (Wildman–Crippen LogP) is 6.34. The van der Waals surface area contributed by atoms with Gasteiger partial charge < -0.3 is 19.5 Å². The fourth-order valence-electron chi connectivity index (χ4n) is 5.40. The highest BCUT2D eigenvalue weighted by Gasteiger charge is 2.28. The maximum absolute atomic E-state index is 13.7. The number of rotatable bonds is 6. The Kier molecular flexibility index (Phi) is 6.96. The zero-order chi connectivity index (χ0) is 26.0. The number of hydrogen-bond donors (Lipinski definition) is 1. The van der Waals surface area contributed by atoms with E-state index < -0.39 is 0 Å². The Labute approximate surface area is 220 Å². The number of para-hydroxylation sites is 3. The van der Waals surface area contributed by atoms with Crippen molar-refractivity contribution in [2.24, 2.45) is 0 Å². The van der Waals surface area contributed by atoms with Gasteiger partial charge in [0.1, 0.15) is 5.75 Å². The number of aromatic nitrogens is 1. The van der Waals surface area contributed by atoms with Crippen LogP contribution in [0.15, 0.2) is 79.0 Å². The second kappa shape index (κ2) is 10.3.